The van der Waals surface area contributed by atoms with Crippen molar-refractivity contribution < 1.29 is 34.0 Å². The highest BCUT2D eigenvalue weighted by molar-refractivity contribution is 6.36. The van der Waals surface area contributed by atoms with Crippen LogP contribution in [0.25, 0.3) is 0 Å². The average Bonchev–Trinajstić information content (AvgIpc) is 2.85. The summed E-state index contributed by atoms with van der Waals surface area (Å²) in [5, 5.41) is 29.7. The zero-order valence-corrected chi connectivity index (χ0v) is 21.7. The summed E-state index contributed by atoms with van der Waals surface area (Å²) >= 11 is 11.8. The van der Waals surface area contributed by atoms with Gasteiger partial charge in [-0.1, -0.05) is 29.3 Å². The van der Waals surface area contributed by atoms with Crippen molar-refractivity contribution in [2.24, 2.45) is 5.10 Å². The van der Waals surface area contributed by atoms with Gasteiger partial charge in [-0.15, -0.1) is 0 Å². The number of urea groups is 1. The van der Waals surface area contributed by atoms with Crippen molar-refractivity contribution in [3.63, 3.8) is 0 Å². The van der Waals surface area contributed by atoms with Gasteiger partial charge in [0.05, 0.1) is 36.6 Å². The van der Waals surface area contributed by atoms with Crippen molar-refractivity contribution in [2.45, 2.75) is 26.1 Å². The van der Waals surface area contributed by atoms with E-state index in [2.05, 4.69) is 21.2 Å². The molecule has 1 heterocycles. The van der Waals surface area contributed by atoms with Gasteiger partial charge in [0.25, 0.3) is 0 Å². The highest BCUT2D eigenvalue weighted by Gasteiger charge is 2.32. The topological polar surface area (TPSA) is 151 Å². The Morgan fingerprint density at radius 3 is 2.70 bits per heavy atom. The maximum Gasteiger partial charge on any atom is 0.337 e. The predicted molar refractivity (Wildman–Crippen MR) is 137 cm³/mol. The van der Waals surface area contributed by atoms with E-state index in [1.807, 2.05) is 0 Å². The fourth-order valence-electron chi connectivity index (χ4n) is 3.50. The van der Waals surface area contributed by atoms with Gasteiger partial charge in [0.2, 0.25) is 0 Å². The smallest absolute Gasteiger partial charge is 0.337 e. The number of nitrogens with zero attached hydrogens (tertiary/aromatic N) is 1. The monoisotopic (exact) mass is 552 g/mol. The van der Waals surface area contributed by atoms with E-state index < -0.39 is 24.3 Å². The second kappa shape index (κ2) is 12.5. The molecular formula is C24H26Cl2N4O7. The number of ether oxygens (including phenoxy) is 3. The molecule has 2 amide bonds. The molecule has 2 aromatic rings. The Hall–Kier alpha value is -3.67. The normalized spacial score (nSPS) is 16.2. The number of hydrogen-bond acceptors (Lipinski definition) is 9. The lowest BCUT2D eigenvalue weighted by atomic mass is 9.95. The summed E-state index contributed by atoms with van der Waals surface area (Å²) in [5.41, 5.74) is 3.92. The summed E-state index contributed by atoms with van der Waals surface area (Å²) in [7, 11) is 1.26. The summed E-state index contributed by atoms with van der Waals surface area (Å²) in [4.78, 5) is 24.4. The molecule has 2 aromatic carbocycles. The lowest BCUT2D eigenvalue weighted by Gasteiger charge is -2.28. The molecule has 0 aromatic heterocycles. The van der Waals surface area contributed by atoms with E-state index in [0.717, 1.165) is 0 Å². The Kier molecular flexibility index (Phi) is 9.45. The molecule has 0 unspecified atom stereocenters. The van der Waals surface area contributed by atoms with Crippen LogP contribution in [0.1, 0.15) is 31.0 Å². The van der Waals surface area contributed by atoms with Gasteiger partial charge in [-0.2, -0.15) is 5.10 Å². The van der Waals surface area contributed by atoms with E-state index in [1.165, 1.54) is 25.5 Å². The molecule has 0 saturated carbocycles. The van der Waals surface area contributed by atoms with Crippen LogP contribution in [0.2, 0.25) is 10.0 Å². The highest BCUT2D eigenvalue weighted by Crippen LogP contribution is 2.35. The molecule has 13 heteroatoms. The summed E-state index contributed by atoms with van der Waals surface area (Å²) in [6.07, 6.45) is 0.0285. The van der Waals surface area contributed by atoms with E-state index in [9.17, 15) is 19.8 Å². The zero-order valence-electron chi connectivity index (χ0n) is 20.2. The van der Waals surface area contributed by atoms with Crippen LogP contribution >= 0.6 is 23.2 Å². The number of halogens is 2. The summed E-state index contributed by atoms with van der Waals surface area (Å²) < 4.78 is 16.2. The first-order valence-electron chi connectivity index (χ1n) is 11.0. The number of aliphatic hydroxyl groups excluding tert-OH is 1. The number of aromatic hydroxyl groups is 1. The number of allylic oxidation sites excluding steroid dienone is 1. The molecule has 3 rings (SSSR count). The van der Waals surface area contributed by atoms with Crippen molar-refractivity contribution in [3.05, 3.63) is 62.8 Å². The molecule has 0 spiro atoms. The number of amides is 2. The minimum Gasteiger partial charge on any atom is -0.506 e. The minimum absolute atomic E-state index is 0.0677. The maximum absolute atomic E-state index is 12.4. The Balaban J connectivity index is 1.72. The van der Waals surface area contributed by atoms with Gasteiger partial charge in [-0.25, -0.2) is 9.59 Å². The Bertz CT molecular complexity index is 1240. The molecule has 37 heavy (non-hydrogen) atoms. The number of carbonyl (C=O) groups excluding carboxylic acids is 2. The van der Waals surface area contributed by atoms with Crippen LogP contribution in [0.15, 0.2) is 46.7 Å². The summed E-state index contributed by atoms with van der Waals surface area (Å²) in [6.45, 7) is 3.50. The second-order valence-corrected chi connectivity index (χ2v) is 8.58. The first-order chi connectivity index (χ1) is 17.6. The van der Waals surface area contributed by atoms with Crippen LogP contribution in [0.5, 0.6) is 17.2 Å². The predicted octanol–water partition coefficient (Wildman–Crippen LogP) is 3.22. The number of aliphatic hydroxyl groups is 1. The Morgan fingerprint density at radius 2 is 2.00 bits per heavy atom. The molecule has 0 fully saturated rings. The molecule has 1 aliphatic heterocycles. The van der Waals surface area contributed by atoms with Crippen molar-refractivity contribution >= 4 is 41.4 Å². The number of methoxy groups -OCH3 is 1. The number of rotatable bonds is 10. The van der Waals surface area contributed by atoms with Crippen LogP contribution in [0.3, 0.4) is 0 Å². The SMILES string of the molecule is CCOc1cc([C@@H]2NC(=O)NC(C)=C2C(=O)OC)ccc1OC[C@H](O)N/N=C\c1cc(Cl)cc(Cl)c1O. The number of hydrazone groups is 1. The van der Waals surface area contributed by atoms with Crippen LogP contribution in [-0.2, 0) is 9.53 Å². The van der Waals surface area contributed by atoms with Gasteiger partial charge in [-0.05, 0) is 43.7 Å². The number of phenols is 1. The van der Waals surface area contributed by atoms with E-state index >= 15 is 0 Å². The largest absolute Gasteiger partial charge is 0.506 e. The first kappa shape index (κ1) is 27.9. The van der Waals surface area contributed by atoms with Gasteiger partial charge < -0.3 is 35.1 Å². The average molecular weight is 553 g/mol. The fourth-order valence-corrected chi connectivity index (χ4v) is 4.01. The number of benzene rings is 2. The third-order valence-corrected chi connectivity index (χ3v) is 5.66. The summed E-state index contributed by atoms with van der Waals surface area (Å²) in [6, 6.07) is 6.51. The maximum atomic E-state index is 12.4. The third kappa shape index (κ3) is 6.97. The van der Waals surface area contributed by atoms with Crippen molar-refractivity contribution in [3.8, 4) is 17.2 Å². The van der Waals surface area contributed by atoms with E-state index in [1.54, 1.807) is 32.0 Å². The number of carbonyl (C=O) groups is 2. The third-order valence-electron chi connectivity index (χ3n) is 5.16. The standard InChI is InChI=1S/C24H26Cl2N4O7/c1-4-36-18-8-13(21-20(23(33)35-3)12(2)28-24(34)29-21)5-6-17(18)37-11-19(31)30-27-10-14-7-15(25)9-16(26)22(14)32/h5-10,19,21,30-32H,4,11H2,1-3H3,(H2,28,29,34)/b27-10-/t19-,21-/m0/s1. The van der Waals surface area contributed by atoms with E-state index in [4.69, 9.17) is 37.4 Å². The van der Waals surface area contributed by atoms with E-state index in [0.29, 0.717) is 34.4 Å². The van der Waals surface area contributed by atoms with Crippen LogP contribution in [0.4, 0.5) is 4.79 Å². The van der Waals surface area contributed by atoms with Crippen molar-refractivity contribution in [2.75, 3.05) is 20.3 Å². The second-order valence-electron chi connectivity index (χ2n) is 7.74. The van der Waals surface area contributed by atoms with Crippen molar-refractivity contribution in [1.29, 1.82) is 0 Å². The number of hydrogen-bond donors (Lipinski definition) is 5. The molecule has 5 N–H and O–H groups in total. The van der Waals surface area contributed by atoms with Gasteiger partial charge >= 0.3 is 12.0 Å². The number of esters is 1. The van der Waals surface area contributed by atoms with Gasteiger partial charge in [0.1, 0.15) is 12.4 Å². The molecule has 0 bridgehead atoms. The lowest BCUT2D eigenvalue weighted by Crippen LogP contribution is -2.45. The molecule has 0 radical (unpaired) electrons. The number of phenolic OH excluding ortho intramolecular Hbond substituents is 1. The molecule has 0 aliphatic carbocycles. The fraction of sp³-hybridized carbons (Fsp3) is 0.292. The van der Waals surface area contributed by atoms with E-state index in [-0.39, 0.29) is 28.5 Å². The Morgan fingerprint density at radius 1 is 1.24 bits per heavy atom. The minimum atomic E-state index is -1.22. The first-order valence-corrected chi connectivity index (χ1v) is 11.8. The van der Waals surface area contributed by atoms with Crippen LogP contribution in [-0.4, -0.2) is 55.0 Å². The molecule has 11 nitrogen and oxygen atoms in total. The van der Waals surface area contributed by atoms with Crippen LogP contribution < -0.4 is 25.5 Å². The van der Waals surface area contributed by atoms with Crippen molar-refractivity contribution in [1.82, 2.24) is 16.1 Å². The van der Waals surface area contributed by atoms with Gasteiger partial charge in [0.15, 0.2) is 17.7 Å². The molecule has 1 aliphatic rings. The van der Waals surface area contributed by atoms with Crippen LogP contribution in [0, 0.1) is 0 Å². The highest BCUT2D eigenvalue weighted by atomic mass is 35.5. The molecule has 2 atom stereocenters. The quantitative estimate of drug-likeness (QED) is 0.130. The van der Waals surface area contributed by atoms with Gasteiger partial charge in [0, 0.05) is 16.3 Å². The molecule has 198 valence electrons. The lowest BCUT2D eigenvalue weighted by molar-refractivity contribution is -0.136. The zero-order chi connectivity index (χ0) is 27.1. The molecule has 0 saturated heterocycles. The van der Waals surface area contributed by atoms with Gasteiger partial charge in [-0.3, -0.25) is 5.43 Å². The number of nitrogens with one attached hydrogen (secondary N) is 3. The summed E-state index contributed by atoms with van der Waals surface area (Å²) in [5.74, 6) is -0.135. The Labute approximate surface area is 223 Å². The molecular weight excluding hydrogens is 527 g/mol.